The van der Waals surface area contributed by atoms with Crippen LogP contribution >= 0.6 is 11.3 Å². The van der Waals surface area contributed by atoms with Gasteiger partial charge in [-0.15, -0.1) is 23.6 Å². The Balaban J connectivity index is 0.00000108. The number of phenols is 1. The van der Waals surface area contributed by atoms with E-state index in [1.807, 2.05) is 36.4 Å². The first-order valence-electron chi connectivity index (χ1n) is 5.04. The summed E-state index contributed by atoms with van der Waals surface area (Å²) in [6.07, 6.45) is 0. The fraction of sp³-hybridized carbons (Fsp3) is 0. The molecule has 0 aliphatic heterocycles. The summed E-state index contributed by atoms with van der Waals surface area (Å²) in [6, 6.07) is 18.8. The molecule has 0 bridgehead atoms. The first-order chi connectivity index (χ1) is 7.84. The third kappa shape index (κ3) is 2.26. The maximum atomic E-state index is 9.78. The minimum Gasteiger partial charge on any atom is -0.517 e. The van der Waals surface area contributed by atoms with Gasteiger partial charge in [-0.3, -0.25) is 0 Å². The van der Waals surface area contributed by atoms with Crippen LogP contribution in [0.25, 0.3) is 20.5 Å². The van der Waals surface area contributed by atoms with Crippen LogP contribution in [0.3, 0.4) is 0 Å². The van der Waals surface area contributed by atoms with E-state index in [9.17, 15) is 5.11 Å². The van der Waals surface area contributed by atoms with E-state index in [0.717, 1.165) is 15.8 Å². The zero-order valence-corrected chi connectivity index (χ0v) is 13.0. The number of hydrogen-bond acceptors (Lipinski definition) is 2. The summed E-state index contributed by atoms with van der Waals surface area (Å²) in [5.41, 5.74) is 0.851. The summed E-state index contributed by atoms with van der Waals surface area (Å²) in [6.45, 7) is 0. The number of thiophene rings is 1. The Morgan fingerprint density at radius 2 is 1.65 bits per heavy atom. The molecule has 0 unspecified atom stereocenters. The molecule has 0 saturated heterocycles. The number of para-hydroxylation sites is 1. The van der Waals surface area contributed by atoms with Gasteiger partial charge < -0.3 is 5.11 Å². The molecule has 17 heavy (non-hydrogen) atoms. The molecule has 1 nitrogen and oxygen atoms in total. The Kier molecular flexibility index (Phi) is 3.61. The van der Waals surface area contributed by atoms with Crippen molar-refractivity contribution >= 4 is 21.4 Å². The maximum Gasteiger partial charge on any atom is 0.0835 e. The number of aromatic hydroxyl groups is 1. The van der Waals surface area contributed by atoms with Crippen LogP contribution < -0.4 is 0 Å². The molecule has 0 atom stereocenters. The Morgan fingerprint density at radius 3 is 2.41 bits per heavy atom. The molecule has 80 valence electrons. The normalized spacial score (nSPS) is 10.1. The summed E-state index contributed by atoms with van der Waals surface area (Å²) in [7, 11) is 0. The molecule has 2 aromatic carbocycles. The van der Waals surface area contributed by atoms with Gasteiger partial charge in [0.1, 0.15) is 0 Å². The topological polar surface area (TPSA) is 20.2 Å². The molecule has 0 saturated carbocycles. The number of phenolic OH excluding ortho intramolecular Hbond substituents is 1. The standard InChI is InChI=1S/C14H9OS.Zn/c15-12-7-3-2-6-11(12)14-9-10-5-1-4-8-13(10)16-14;/h1-8,15H;/q-1;. The SMILES string of the molecule is Oc1ccccc1-c1[c-]c2ccccc2s1.[Zn]. The van der Waals surface area contributed by atoms with Gasteiger partial charge in [0.25, 0.3) is 0 Å². The predicted octanol–water partition coefficient (Wildman–Crippen LogP) is 4.07. The van der Waals surface area contributed by atoms with Gasteiger partial charge >= 0.3 is 0 Å². The monoisotopic (exact) mass is 289 g/mol. The quantitative estimate of drug-likeness (QED) is 0.529. The smallest absolute Gasteiger partial charge is 0.0835 e. The molecule has 0 radical (unpaired) electrons. The van der Waals surface area contributed by atoms with E-state index < -0.39 is 0 Å². The average molecular weight is 291 g/mol. The molecule has 3 rings (SSSR count). The molecule has 0 fully saturated rings. The number of rotatable bonds is 1. The first-order valence-corrected chi connectivity index (χ1v) is 5.85. The van der Waals surface area contributed by atoms with Crippen LogP contribution in [0.4, 0.5) is 0 Å². The Labute approximate surface area is 116 Å². The van der Waals surface area contributed by atoms with E-state index in [1.165, 1.54) is 4.70 Å². The molecular formula is C14H9OSZn-. The van der Waals surface area contributed by atoms with E-state index in [1.54, 1.807) is 17.4 Å². The van der Waals surface area contributed by atoms with Crippen LogP contribution in [-0.4, -0.2) is 5.11 Å². The van der Waals surface area contributed by atoms with Crippen LogP contribution in [0.2, 0.25) is 0 Å². The number of benzene rings is 2. The van der Waals surface area contributed by atoms with Gasteiger partial charge in [0.15, 0.2) is 0 Å². The molecular weight excluding hydrogens is 282 g/mol. The Hall–Kier alpha value is -1.18. The van der Waals surface area contributed by atoms with E-state index in [2.05, 4.69) is 12.1 Å². The predicted molar refractivity (Wildman–Crippen MR) is 67.8 cm³/mol. The van der Waals surface area contributed by atoms with Crippen LogP contribution in [-0.2, 0) is 19.5 Å². The maximum absolute atomic E-state index is 9.78. The van der Waals surface area contributed by atoms with Gasteiger partial charge in [-0.1, -0.05) is 35.2 Å². The van der Waals surface area contributed by atoms with Crippen molar-refractivity contribution in [3.63, 3.8) is 0 Å². The Morgan fingerprint density at radius 1 is 0.941 bits per heavy atom. The van der Waals surface area contributed by atoms with Crippen LogP contribution in [0.5, 0.6) is 5.75 Å². The van der Waals surface area contributed by atoms with Gasteiger partial charge in [0.2, 0.25) is 0 Å². The summed E-state index contributed by atoms with van der Waals surface area (Å²) in [5.74, 6) is 0.310. The first kappa shape index (κ1) is 12.3. The minimum absolute atomic E-state index is 0. The number of hydrogen-bond donors (Lipinski definition) is 1. The van der Waals surface area contributed by atoms with Gasteiger partial charge in [-0.05, 0) is 16.3 Å². The van der Waals surface area contributed by atoms with E-state index in [-0.39, 0.29) is 19.5 Å². The largest absolute Gasteiger partial charge is 0.517 e. The van der Waals surface area contributed by atoms with Crippen molar-refractivity contribution in [3.8, 4) is 16.2 Å². The molecule has 1 heterocycles. The second-order valence-electron chi connectivity index (χ2n) is 3.57. The van der Waals surface area contributed by atoms with Crippen molar-refractivity contribution in [1.82, 2.24) is 0 Å². The van der Waals surface area contributed by atoms with E-state index in [0.29, 0.717) is 5.75 Å². The zero-order chi connectivity index (χ0) is 11.0. The third-order valence-electron chi connectivity index (χ3n) is 2.50. The van der Waals surface area contributed by atoms with Crippen LogP contribution in [0, 0.1) is 6.07 Å². The van der Waals surface area contributed by atoms with Crippen LogP contribution in [0.15, 0.2) is 48.5 Å². The molecule has 0 spiro atoms. The molecule has 1 aromatic heterocycles. The van der Waals surface area contributed by atoms with E-state index >= 15 is 0 Å². The summed E-state index contributed by atoms with van der Waals surface area (Å²) in [5, 5.41) is 10.9. The molecule has 3 heteroatoms. The van der Waals surface area contributed by atoms with Crippen LogP contribution in [0.1, 0.15) is 0 Å². The molecule has 3 aromatic rings. The van der Waals surface area contributed by atoms with Crippen molar-refractivity contribution in [2.75, 3.05) is 0 Å². The van der Waals surface area contributed by atoms with Crippen molar-refractivity contribution in [1.29, 1.82) is 0 Å². The van der Waals surface area contributed by atoms with Crippen molar-refractivity contribution in [2.45, 2.75) is 0 Å². The van der Waals surface area contributed by atoms with Gasteiger partial charge in [-0.25, -0.2) is 11.3 Å². The minimum atomic E-state index is 0. The summed E-state index contributed by atoms with van der Waals surface area (Å²) < 4.78 is 1.20. The second kappa shape index (κ2) is 4.99. The van der Waals surface area contributed by atoms with E-state index in [4.69, 9.17) is 0 Å². The van der Waals surface area contributed by atoms with Crippen molar-refractivity contribution in [2.24, 2.45) is 0 Å². The summed E-state index contributed by atoms with van der Waals surface area (Å²) in [4.78, 5) is 0.985. The average Bonchev–Trinajstić information content (AvgIpc) is 2.73. The van der Waals surface area contributed by atoms with Gasteiger partial charge in [0, 0.05) is 19.5 Å². The molecule has 0 aliphatic carbocycles. The zero-order valence-electron chi connectivity index (χ0n) is 9.18. The molecule has 0 amide bonds. The molecule has 0 aliphatic rings. The van der Waals surface area contributed by atoms with Crippen molar-refractivity contribution < 1.29 is 24.6 Å². The Bertz CT molecular complexity index is 612. The van der Waals surface area contributed by atoms with Gasteiger partial charge in [-0.2, -0.15) is 0 Å². The third-order valence-corrected chi connectivity index (χ3v) is 3.60. The van der Waals surface area contributed by atoms with Gasteiger partial charge in [0.05, 0.1) is 5.75 Å². The fourth-order valence-corrected chi connectivity index (χ4v) is 2.74. The number of fused-ring (bicyclic) bond motifs is 1. The summed E-state index contributed by atoms with van der Waals surface area (Å²) >= 11 is 1.65. The van der Waals surface area contributed by atoms with Crippen molar-refractivity contribution in [3.05, 3.63) is 54.6 Å². The fourth-order valence-electron chi connectivity index (χ4n) is 1.70. The second-order valence-corrected chi connectivity index (χ2v) is 4.62. The molecule has 1 N–H and O–H groups in total.